The van der Waals surface area contributed by atoms with Gasteiger partial charge in [0.2, 0.25) is 0 Å². The quantitative estimate of drug-likeness (QED) is 0.0261. The van der Waals surface area contributed by atoms with Gasteiger partial charge in [-0.2, -0.15) is 0 Å². The fraction of sp³-hybridized carbons (Fsp3) is 0.836. The van der Waals surface area contributed by atoms with E-state index in [0.717, 1.165) is 83.5 Å². The maximum absolute atomic E-state index is 12.8. The Bertz CT molecular complexity index is 1270. The lowest BCUT2D eigenvalue weighted by atomic mass is 10.0. The molecule has 0 aliphatic rings. The van der Waals surface area contributed by atoms with E-state index >= 15 is 0 Å². The van der Waals surface area contributed by atoms with E-state index in [1.165, 1.54) is 218 Å². The molecule has 0 aromatic rings. The van der Waals surface area contributed by atoms with Crippen LogP contribution in [0.25, 0.3) is 0 Å². The van der Waals surface area contributed by atoms with Gasteiger partial charge in [0, 0.05) is 19.3 Å². The minimum Gasteiger partial charge on any atom is -0.462 e. The average Bonchev–Trinajstić information content (AvgIpc) is 3.39. The van der Waals surface area contributed by atoms with Crippen LogP contribution in [0.4, 0.5) is 0 Å². The maximum Gasteiger partial charge on any atom is 0.306 e. The van der Waals surface area contributed by atoms with Crippen molar-refractivity contribution in [2.75, 3.05) is 13.2 Å². The minimum atomic E-state index is -0.774. The number of rotatable bonds is 59. The van der Waals surface area contributed by atoms with Crippen LogP contribution in [0, 0.1) is 0 Å². The fourth-order valence-corrected chi connectivity index (χ4v) is 9.51. The summed E-state index contributed by atoms with van der Waals surface area (Å²) in [4.78, 5) is 38.0. The maximum atomic E-state index is 12.8. The first kappa shape index (κ1) is 70.4. The molecular formula is C67H122O6. The molecule has 0 heterocycles. The standard InChI is InChI=1S/C67H122O6/c1-4-7-10-13-16-18-20-22-24-26-27-28-29-30-31-32-33-34-35-36-37-38-39-41-42-44-46-48-51-54-57-60-66(69)72-63-64(62-71-65(68)59-56-53-50-15-12-9-6-3)73-67(70)61-58-55-52-49-47-45-43-40-25-23-21-19-17-14-11-8-5-2/h8,11,17,19,23,25-27,64H,4-7,9-10,12-16,18,20-22,24,28-63H2,1-3H3/b11-8-,19-17-,25-23-,27-26-. The first-order chi connectivity index (χ1) is 36.0. The van der Waals surface area contributed by atoms with Crippen molar-refractivity contribution in [1.82, 2.24) is 0 Å². The number of esters is 3. The highest BCUT2D eigenvalue weighted by Crippen LogP contribution is 2.17. The van der Waals surface area contributed by atoms with E-state index in [1.807, 2.05) is 0 Å². The first-order valence-electron chi connectivity index (χ1n) is 32.1. The monoisotopic (exact) mass is 1020 g/mol. The van der Waals surface area contributed by atoms with E-state index in [-0.39, 0.29) is 31.1 Å². The van der Waals surface area contributed by atoms with Crippen molar-refractivity contribution in [3.63, 3.8) is 0 Å². The van der Waals surface area contributed by atoms with E-state index in [2.05, 4.69) is 69.4 Å². The SMILES string of the molecule is CC/C=C\C/C=C\C/C=C\CCCCCCCCCC(=O)OC(COC(=O)CCCCCCCCC)COC(=O)CCCCCCCCCCCCCCCCCCCCC/C=C\CCCCCCCCCC. The number of allylic oxidation sites excluding steroid dienone is 8. The Morgan fingerprint density at radius 1 is 0.288 bits per heavy atom. The molecule has 73 heavy (non-hydrogen) atoms. The lowest BCUT2D eigenvalue weighted by Crippen LogP contribution is -2.30. The predicted molar refractivity (Wildman–Crippen MR) is 316 cm³/mol. The topological polar surface area (TPSA) is 78.9 Å². The second-order valence-electron chi connectivity index (χ2n) is 21.6. The molecule has 0 N–H and O–H groups in total. The molecule has 0 bridgehead atoms. The van der Waals surface area contributed by atoms with Gasteiger partial charge in [0.05, 0.1) is 0 Å². The summed E-state index contributed by atoms with van der Waals surface area (Å²) in [6.45, 7) is 6.52. The first-order valence-corrected chi connectivity index (χ1v) is 32.1. The van der Waals surface area contributed by atoms with E-state index in [9.17, 15) is 14.4 Å². The lowest BCUT2D eigenvalue weighted by molar-refractivity contribution is -0.167. The second-order valence-corrected chi connectivity index (χ2v) is 21.6. The van der Waals surface area contributed by atoms with Gasteiger partial charge in [0.1, 0.15) is 13.2 Å². The fourth-order valence-electron chi connectivity index (χ4n) is 9.51. The number of ether oxygens (including phenoxy) is 3. The van der Waals surface area contributed by atoms with Crippen LogP contribution in [0.1, 0.15) is 342 Å². The number of unbranched alkanes of at least 4 members (excludes halogenated alkanes) is 40. The Balaban J connectivity index is 4.00. The molecule has 6 nitrogen and oxygen atoms in total. The molecule has 0 amide bonds. The van der Waals surface area contributed by atoms with Gasteiger partial charge in [-0.1, -0.05) is 294 Å². The molecule has 0 spiro atoms. The molecule has 0 aromatic carbocycles. The van der Waals surface area contributed by atoms with Crippen molar-refractivity contribution in [2.24, 2.45) is 0 Å². The largest absolute Gasteiger partial charge is 0.462 e. The van der Waals surface area contributed by atoms with Gasteiger partial charge in [-0.05, 0) is 77.0 Å². The summed E-state index contributed by atoms with van der Waals surface area (Å²) in [6.07, 6.45) is 77.4. The van der Waals surface area contributed by atoms with Crippen LogP contribution in [0.3, 0.4) is 0 Å². The Morgan fingerprint density at radius 3 is 0.849 bits per heavy atom. The van der Waals surface area contributed by atoms with Crippen molar-refractivity contribution >= 4 is 17.9 Å². The third kappa shape index (κ3) is 60.1. The Hall–Kier alpha value is -2.63. The third-order valence-corrected chi connectivity index (χ3v) is 14.3. The van der Waals surface area contributed by atoms with E-state index < -0.39 is 6.10 Å². The molecule has 0 aliphatic heterocycles. The zero-order valence-electron chi connectivity index (χ0n) is 48.9. The molecule has 0 rings (SSSR count). The van der Waals surface area contributed by atoms with Crippen LogP contribution in [-0.2, 0) is 28.6 Å². The van der Waals surface area contributed by atoms with Crippen molar-refractivity contribution in [3.05, 3.63) is 48.6 Å². The van der Waals surface area contributed by atoms with Gasteiger partial charge >= 0.3 is 17.9 Å². The smallest absolute Gasteiger partial charge is 0.306 e. The summed E-state index contributed by atoms with van der Waals surface area (Å²) in [5.74, 6) is -0.874. The minimum absolute atomic E-state index is 0.0735. The molecule has 0 saturated carbocycles. The van der Waals surface area contributed by atoms with Gasteiger partial charge in [-0.3, -0.25) is 14.4 Å². The van der Waals surface area contributed by atoms with Gasteiger partial charge in [-0.25, -0.2) is 0 Å². The van der Waals surface area contributed by atoms with Crippen molar-refractivity contribution in [3.8, 4) is 0 Å². The summed E-state index contributed by atoms with van der Waals surface area (Å²) in [5, 5.41) is 0. The normalized spacial score (nSPS) is 12.3. The number of hydrogen-bond acceptors (Lipinski definition) is 6. The molecule has 1 atom stereocenters. The molecule has 0 aromatic heterocycles. The predicted octanol–water partition coefficient (Wildman–Crippen LogP) is 21.8. The highest BCUT2D eigenvalue weighted by atomic mass is 16.6. The van der Waals surface area contributed by atoms with Crippen LogP contribution in [0.15, 0.2) is 48.6 Å². The highest BCUT2D eigenvalue weighted by molar-refractivity contribution is 5.71. The van der Waals surface area contributed by atoms with Gasteiger partial charge in [0.25, 0.3) is 0 Å². The average molecular weight is 1020 g/mol. The van der Waals surface area contributed by atoms with Gasteiger partial charge < -0.3 is 14.2 Å². The molecule has 0 saturated heterocycles. The van der Waals surface area contributed by atoms with E-state index in [1.54, 1.807) is 0 Å². The highest BCUT2D eigenvalue weighted by Gasteiger charge is 2.19. The second kappa shape index (κ2) is 61.9. The van der Waals surface area contributed by atoms with Gasteiger partial charge in [-0.15, -0.1) is 0 Å². The lowest BCUT2D eigenvalue weighted by Gasteiger charge is -2.18. The molecule has 6 heteroatoms. The van der Waals surface area contributed by atoms with Crippen LogP contribution in [0.5, 0.6) is 0 Å². The van der Waals surface area contributed by atoms with Crippen LogP contribution < -0.4 is 0 Å². The number of carbonyl (C=O) groups excluding carboxylic acids is 3. The summed E-state index contributed by atoms with van der Waals surface area (Å²) in [7, 11) is 0. The van der Waals surface area contributed by atoms with E-state index in [4.69, 9.17) is 14.2 Å². The number of hydrogen-bond donors (Lipinski definition) is 0. The summed E-state index contributed by atoms with van der Waals surface area (Å²) >= 11 is 0. The summed E-state index contributed by atoms with van der Waals surface area (Å²) < 4.78 is 16.8. The van der Waals surface area contributed by atoms with Crippen molar-refractivity contribution in [2.45, 2.75) is 348 Å². The summed E-state index contributed by atoms with van der Waals surface area (Å²) in [5.41, 5.74) is 0. The summed E-state index contributed by atoms with van der Waals surface area (Å²) in [6, 6.07) is 0. The third-order valence-electron chi connectivity index (χ3n) is 14.3. The number of carbonyl (C=O) groups is 3. The molecule has 426 valence electrons. The Kier molecular flexibility index (Phi) is 59.7. The van der Waals surface area contributed by atoms with Crippen molar-refractivity contribution in [1.29, 1.82) is 0 Å². The molecule has 0 radical (unpaired) electrons. The Labute approximate surface area is 454 Å². The zero-order chi connectivity index (χ0) is 52.9. The van der Waals surface area contributed by atoms with Crippen LogP contribution >= 0.6 is 0 Å². The molecule has 0 fully saturated rings. The van der Waals surface area contributed by atoms with Crippen LogP contribution in [-0.4, -0.2) is 37.2 Å². The molecule has 1 unspecified atom stereocenters. The molecule has 0 aliphatic carbocycles. The molecular weight excluding hydrogens is 901 g/mol. The van der Waals surface area contributed by atoms with Gasteiger partial charge in [0.15, 0.2) is 6.10 Å². The van der Waals surface area contributed by atoms with E-state index in [0.29, 0.717) is 19.3 Å². The van der Waals surface area contributed by atoms with Crippen molar-refractivity contribution < 1.29 is 28.6 Å². The Morgan fingerprint density at radius 2 is 0.534 bits per heavy atom. The van der Waals surface area contributed by atoms with Crippen LogP contribution in [0.2, 0.25) is 0 Å². The zero-order valence-corrected chi connectivity index (χ0v) is 48.9.